The lowest BCUT2D eigenvalue weighted by molar-refractivity contribution is -0.139. The van der Waals surface area contributed by atoms with Crippen LogP contribution in [0.1, 0.15) is 25.3 Å². The van der Waals surface area contributed by atoms with Gasteiger partial charge in [-0.25, -0.2) is 9.59 Å². The Hall–Kier alpha value is -2.08. The average Bonchev–Trinajstić information content (AvgIpc) is 2.49. The predicted octanol–water partition coefficient (Wildman–Crippen LogP) is 1.76. The van der Waals surface area contributed by atoms with E-state index in [2.05, 4.69) is 17.6 Å². The number of ether oxygens (including phenoxy) is 1. The fraction of sp³-hybridized carbons (Fsp3) is 0.467. The Bertz CT molecular complexity index is 437. The highest BCUT2D eigenvalue weighted by Gasteiger charge is 2.20. The van der Waals surface area contributed by atoms with Gasteiger partial charge in [0.2, 0.25) is 0 Å². The summed E-state index contributed by atoms with van der Waals surface area (Å²) in [4.78, 5) is 22.7. The van der Waals surface area contributed by atoms with Crippen molar-refractivity contribution in [2.45, 2.75) is 32.4 Å². The first kappa shape index (κ1) is 17.0. The van der Waals surface area contributed by atoms with Crippen molar-refractivity contribution < 1.29 is 19.4 Å². The van der Waals surface area contributed by atoms with E-state index in [4.69, 9.17) is 9.84 Å². The van der Waals surface area contributed by atoms with Crippen LogP contribution in [0.4, 0.5) is 4.79 Å². The molecule has 0 saturated heterocycles. The number of unbranched alkanes of at least 4 members (excludes halogenated alkanes) is 1. The third kappa shape index (κ3) is 7.31. The van der Waals surface area contributed by atoms with Gasteiger partial charge in [0.15, 0.2) is 0 Å². The highest BCUT2D eigenvalue weighted by molar-refractivity contribution is 5.80. The molecule has 0 aliphatic heterocycles. The second-order valence-electron chi connectivity index (χ2n) is 4.65. The van der Waals surface area contributed by atoms with Crippen molar-refractivity contribution in [1.29, 1.82) is 0 Å². The maximum atomic E-state index is 11.6. The van der Waals surface area contributed by atoms with E-state index in [-0.39, 0.29) is 13.2 Å². The molecule has 0 aromatic heterocycles. The highest BCUT2D eigenvalue weighted by atomic mass is 16.5. The monoisotopic (exact) mass is 294 g/mol. The van der Waals surface area contributed by atoms with Crippen LogP contribution in [-0.2, 0) is 16.1 Å². The highest BCUT2D eigenvalue weighted by Crippen LogP contribution is 2.00. The van der Waals surface area contributed by atoms with E-state index in [0.717, 1.165) is 24.9 Å². The minimum atomic E-state index is -1.09. The van der Waals surface area contributed by atoms with Gasteiger partial charge in [0.1, 0.15) is 12.6 Å². The quantitative estimate of drug-likeness (QED) is 0.604. The topological polar surface area (TPSA) is 87.7 Å². The molecule has 3 N–H and O–H groups in total. The summed E-state index contributed by atoms with van der Waals surface area (Å²) in [7, 11) is 0. The molecule has 0 bridgehead atoms. The van der Waals surface area contributed by atoms with Crippen LogP contribution < -0.4 is 10.6 Å². The maximum Gasteiger partial charge on any atom is 0.408 e. The standard InChI is InChI=1S/C15H22N2O4/c1-2-3-9-16-10-13(14(18)19)17-15(20)21-11-12-7-5-4-6-8-12/h4-8,13,16H,2-3,9-11H2,1H3,(H,17,20)(H,18,19). The van der Waals surface area contributed by atoms with Gasteiger partial charge in [0.05, 0.1) is 0 Å². The van der Waals surface area contributed by atoms with E-state index in [9.17, 15) is 9.59 Å². The lowest BCUT2D eigenvalue weighted by atomic mass is 10.2. The first-order valence-corrected chi connectivity index (χ1v) is 7.04. The van der Waals surface area contributed by atoms with E-state index >= 15 is 0 Å². The fourth-order valence-corrected chi connectivity index (χ4v) is 1.66. The van der Waals surface area contributed by atoms with Gasteiger partial charge in [-0.15, -0.1) is 0 Å². The third-order valence-electron chi connectivity index (χ3n) is 2.86. The van der Waals surface area contributed by atoms with Crippen molar-refractivity contribution in [3.05, 3.63) is 35.9 Å². The molecule has 0 heterocycles. The van der Waals surface area contributed by atoms with Crippen molar-refractivity contribution in [2.75, 3.05) is 13.1 Å². The van der Waals surface area contributed by atoms with Gasteiger partial charge in [-0.2, -0.15) is 0 Å². The first-order valence-electron chi connectivity index (χ1n) is 7.04. The molecule has 116 valence electrons. The number of amides is 1. The molecule has 6 heteroatoms. The lowest BCUT2D eigenvalue weighted by Crippen LogP contribution is -2.47. The van der Waals surface area contributed by atoms with Crippen LogP contribution in [0.25, 0.3) is 0 Å². The first-order chi connectivity index (χ1) is 10.1. The molecule has 1 aromatic carbocycles. The Labute approximate surface area is 124 Å². The van der Waals surface area contributed by atoms with E-state index in [1.165, 1.54) is 0 Å². The molecule has 1 atom stereocenters. The van der Waals surface area contributed by atoms with Crippen molar-refractivity contribution in [3.63, 3.8) is 0 Å². The maximum absolute atomic E-state index is 11.6. The number of carboxylic acids is 1. The molecule has 0 saturated carbocycles. The summed E-state index contributed by atoms with van der Waals surface area (Å²) >= 11 is 0. The minimum absolute atomic E-state index is 0.113. The molecular weight excluding hydrogens is 272 g/mol. The van der Waals surface area contributed by atoms with Crippen LogP contribution in [-0.4, -0.2) is 36.3 Å². The number of nitrogens with one attached hydrogen (secondary N) is 2. The van der Waals surface area contributed by atoms with Gasteiger partial charge in [-0.05, 0) is 18.5 Å². The van der Waals surface area contributed by atoms with Crippen molar-refractivity contribution in [1.82, 2.24) is 10.6 Å². The summed E-state index contributed by atoms with van der Waals surface area (Å²) in [6.07, 6.45) is 1.26. The molecule has 0 aliphatic carbocycles. The van der Waals surface area contributed by atoms with E-state index in [1.807, 2.05) is 30.3 Å². The lowest BCUT2D eigenvalue weighted by Gasteiger charge is -2.15. The summed E-state index contributed by atoms with van der Waals surface area (Å²) < 4.78 is 5.00. The third-order valence-corrected chi connectivity index (χ3v) is 2.86. The van der Waals surface area contributed by atoms with Crippen LogP contribution in [0.5, 0.6) is 0 Å². The van der Waals surface area contributed by atoms with Crippen molar-refractivity contribution >= 4 is 12.1 Å². The van der Waals surface area contributed by atoms with Crippen LogP contribution in [0.2, 0.25) is 0 Å². The molecule has 21 heavy (non-hydrogen) atoms. The molecule has 1 aromatic rings. The van der Waals surface area contributed by atoms with E-state index in [0.29, 0.717) is 0 Å². The number of benzene rings is 1. The van der Waals surface area contributed by atoms with Gasteiger partial charge < -0.3 is 20.5 Å². The average molecular weight is 294 g/mol. The molecule has 1 unspecified atom stereocenters. The second kappa shape index (κ2) is 9.77. The van der Waals surface area contributed by atoms with Crippen LogP contribution >= 0.6 is 0 Å². The number of hydrogen-bond acceptors (Lipinski definition) is 4. The van der Waals surface area contributed by atoms with E-state index < -0.39 is 18.1 Å². The fourth-order valence-electron chi connectivity index (χ4n) is 1.66. The Balaban J connectivity index is 2.33. The SMILES string of the molecule is CCCCNCC(NC(=O)OCc1ccccc1)C(=O)O. The van der Waals surface area contributed by atoms with Crippen molar-refractivity contribution in [3.8, 4) is 0 Å². The summed E-state index contributed by atoms with van der Waals surface area (Å²) in [6.45, 7) is 3.06. The van der Waals surface area contributed by atoms with Crippen LogP contribution in [0.15, 0.2) is 30.3 Å². The molecule has 6 nitrogen and oxygen atoms in total. The van der Waals surface area contributed by atoms with Gasteiger partial charge in [-0.1, -0.05) is 43.7 Å². The zero-order valence-corrected chi connectivity index (χ0v) is 12.2. The second-order valence-corrected chi connectivity index (χ2v) is 4.65. The Morgan fingerprint density at radius 3 is 2.62 bits per heavy atom. The number of hydrogen-bond donors (Lipinski definition) is 3. The molecule has 1 rings (SSSR count). The molecule has 0 aliphatic rings. The van der Waals surface area contributed by atoms with Crippen LogP contribution in [0.3, 0.4) is 0 Å². The normalized spacial score (nSPS) is 11.7. The summed E-state index contributed by atoms with van der Waals surface area (Å²) in [6, 6.07) is 8.21. The minimum Gasteiger partial charge on any atom is -0.480 e. The Morgan fingerprint density at radius 2 is 2.00 bits per heavy atom. The Morgan fingerprint density at radius 1 is 1.29 bits per heavy atom. The number of aliphatic carboxylic acids is 1. The molecular formula is C15H22N2O4. The van der Waals surface area contributed by atoms with Gasteiger partial charge >= 0.3 is 12.1 Å². The van der Waals surface area contributed by atoms with Gasteiger partial charge in [0.25, 0.3) is 0 Å². The molecule has 1 amide bonds. The summed E-state index contributed by atoms with van der Waals surface area (Å²) in [5, 5.41) is 14.4. The van der Waals surface area contributed by atoms with Crippen LogP contribution in [0, 0.1) is 0 Å². The van der Waals surface area contributed by atoms with Crippen molar-refractivity contribution in [2.24, 2.45) is 0 Å². The number of carbonyl (C=O) groups excluding carboxylic acids is 1. The smallest absolute Gasteiger partial charge is 0.408 e. The predicted molar refractivity (Wildman–Crippen MR) is 79.0 cm³/mol. The Kier molecular flexibility index (Phi) is 7.89. The summed E-state index contributed by atoms with van der Waals surface area (Å²) in [5.74, 6) is -1.09. The van der Waals surface area contributed by atoms with Gasteiger partial charge in [0, 0.05) is 6.54 Å². The number of carbonyl (C=O) groups is 2. The largest absolute Gasteiger partial charge is 0.480 e. The molecule has 0 fully saturated rings. The number of rotatable bonds is 9. The number of carboxylic acid groups (broad SMARTS) is 1. The van der Waals surface area contributed by atoms with E-state index in [1.54, 1.807) is 0 Å². The zero-order chi connectivity index (χ0) is 15.5. The zero-order valence-electron chi connectivity index (χ0n) is 12.2. The number of alkyl carbamates (subject to hydrolysis) is 1. The molecule has 0 spiro atoms. The molecule has 0 radical (unpaired) electrons. The summed E-state index contributed by atoms with van der Waals surface area (Å²) in [5.41, 5.74) is 0.848. The van der Waals surface area contributed by atoms with Gasteiger partial charge in [-0.3, -0.25) is 0 Å².